The van der Waals surface area contributed by atoms with Crippen molar-refractivity contribution in [3.63, 3.8) is 0 Å². The average molecular weight is 314 g/mol. The van der Waals surface area contributed by atoms with E-state index in [4.69, 9.17) is 0 Å². The van der Waals surface area contributed by atoms with Gasteiger partial charge in [-0.05, 0) is 36.8 Å². The molecule has 3 rings (SSSR count). The quantitative estimate of drug-likeness (QED) is 0.438. The van der Waals surface area contributed by atoms with Crippen molar-refractivity contribution >= 4 is 11.8 Å². The summed E-state index contributed by atoms with van der Waals surface area (Å²) in [6, 6.07) is 31.1. The van der Waals surface area contributed by atoms with Gasteiger partial charge in [-0.15, -0.1) is 11.8 Å². The zero-order valence-electron chi connectivity index (χ0n) is 13.1. The molecule has 0 aliphatic rings. The number of thioether (sulfide) groups is 1. The van der Waals surface area contributed by atoms with Crippen LogP contribution < -0.4 is 0 Å². The maximum Gasteiger partial charge on any atom is 0.104 e. The molecule has 112 valence electrons. The lowest BCUT2D eigenvalue weighted by Crippen LogP contribution is -2.14. The molecule has 1 heteroatoms. The van der Waals surface area contributed by atoms with Crippen LogP contribution in [0.3, 0.4) is 0 Å². The number of hydrogen-bond donors (Lipinski definition) is 0. The fourth-order valence-corrected chi connectivity index (χ4v) is 3.47. The molecule has 0 N–H and O–H groups in total. The van der Waals surface area contributed by atoms with E-state index in [0.29, 0.717) is 0 Å². The van der Waals surface area contributed by atoms with E-state index in [9.17, 15) is 0 Å². The van der Waals surface area contributed by atoms with Crippen molar-refractivity contribution in [2.75, 3.05) is 0 Å². The molecule has 0 aliphatic carbocycles. The third kappa shape index (κ3) is 4.06. The van der Waals surface area contributed by atoms with Crippen LogP contribution in [0.15, 0.2) is 95.9 Å². The molecule has 23 heavy (non-hydrogen) atoms. The fourth-order valence-electron chi connectivity index (χ4n) is 2.35. The zero-order valence-corrected chi connectivity index (χ0v) is 13.9. The highest BCUT2D eigenvalue weighted by molar-refractivity contribution is 8.00. The number of rotatable bonds is 3. The van der Waals surface area contributed by atoms with Crippen LogP contribution in [0.5, 0.6) is 0 Å². The van der Waals surface area contributed by atoms with Gasteiger partial charge in [0.05, 0.1) is 0 Å². The van der Waals surface area contributed by atoms with Crippen LogP contribution in [0.4, 0.5) is 0 Å². The van der Waals surface area contributed by atoms with E-state index in [0.717, 1.165) is 5.56 Å². The van der Waals surface area contributed by atoms with E-state index in [1.54, 1.807) is 11.8 Å². The van der Waals surface area contributed by atoms with E-state index in [1.165, 1.54) is 10.5 Å². The first-order chi connectivity index (χ1) is 11.3. The Morgan fingerprint density at radius 2 is 1.22 bits per heavy atom. The minimum absolute atomic E-state index is 0.293. The minimum atomic E-state index is -0.293. The van der Waals surface area contributed by atoms with Crippen LogP contribution in [0.25, 0.3) is 0 Å². The van der Waals surface area contributed by atoms with Gasteiger partial charge in [0, 0.05) is 10.5 Å². The van der Waals surface area contributed by atoms with Crippen molar-refractivity contribution in [2.24, 2.45) is 0 Å². The van der Waals surface area contributed by atoms with Crippen LogP contribution >= 0.6 is 11.8 Å². The molecule has 1 unspecified atom stereocenters. The van der Waals surface area contributed by atoms with Gasteiger partial charge in [0.15, 0.2) is 0 Å². The van der Waals surface area contributed by atoms with Gasteiger partial charge >= 0.3 is 0 Å². The Balaban J connectivity index is 1.99. The van der Waals surface area contributed by atoms with Crippen molar-refractivity contribution in [3.8, 4) is 11.8 Å². The summed E-state index contributed by atoms with van der Waals surface area (Å²) in [6.07, 6.45) is 0. The van der Waals surface area contributed by atoms with Crippen molar-refractivity contribution in [2.45, 2.75) is 16.6 Å². The van der Waals surface area contributed by atoms with Crippen LogP contribution in [0.1, 0.15) is 18.1 Å². The summed E-state index contributed by atoms with van der Waals surface area (Å²) in [5.74, 6) is 6.82. The van der Waals surface area contributed by atoms with E-state index in [1.807, 2.05) is 42.5 Å². The van der Waals surface area contributed by atoms with Gasteiger partial charge < -0.3 is 0 Å². The molecular formula is C22H18S. The number of benzene rings is 3. The topological polar surface area (TPSA) is 0 Å². The van der Waals surface area contributed by atoms with Gasteiger partial charge in [-0.2, -0.15) is 0 Å². The van der Waals surface area contributed by atoms with Gasteiger partial charge in [0.25, 0.3) is 0 Å². The molecule has 0 heterocycles. The number of hydrogen-bond acceptors (Lipinski definition) is 1. The van der Waals surface area contributed by atoms with Gasteiger partial charge in [-0.3, -0.25) is 0 Å². The van der Waals surface area contributed by atoms with Gasteiger partial charge in [-0.1, -0.05) is 78.6 Å². The second-order valence-electron chi connectivity index (χ2n) is 5.43. The second kappa shape index (κ2) is 7.22. The van der Waals surface area contributed by atoms with Crippen molar-refractivity contribution in [3.05, 3.63) is 102 Å². The van der Waals surface area contributed by atoms with E-state index in [-0.39, 0.29) is 4.75 Å². The van der Waals surface area contributed by atoms with E-state index < -0.39 is 0 Å². The summed E-state index contributed by atoms with van der Waals surface area (Å²) >= 11 is 1.79. The Hall–Kier alpha value is -2.43. The highest BCUT2D eigenvalue weighted by atomic mass is 32.2. The van der Waals surface area contributed by atoms with Gasteiger partial charge in [0.2, 0.25) is 0 Å². The molecule has 0 amide bonds. The molecule has 0 spiro atoms. The third-order valence-corrected chi connectivity index (χ3v) is 4.86. The van der Waals surface area contributed by atoms with Crippen LogP contribution in [-0.4, -0.2) is 0 Å². The monoisotopic (exact) mass is 314 g/mol. The Bertz CT molecular complexity index is 798. The molecule has 0 radical (unpaired) electrons. The zero-order chi connectivity index (χ0) is 16.0. The smallest absolute Gasteiger partial charge is 0.102 e. The molecular weight excluding hydrogens is 296 g/mol. The Labute approximate surface area is 142 Å². The maximum atomic E-state index is 3.49. The maximum absolute atomic E-state index is 3.49. The normalized spacial score (nSPS) is 12.7. The van der Waals surface area contributed by atoms with E-state index in [2.05, 4.69) is 67.3 Å². The van der Waals surface area contributed by atoms with E-state index >= 15 is 0 Å². The minimum Gasteiger partial charge on any atom is -0.102 e. The van der Waals surface area contributed by atoms with Crippen molar-refractivity contribution in [1.29, 1.82) is 0 Å². The lowest BCUT2D eigenvalue weighted by molar-refractivity contribution is 0.913. The molecule has 1 atom stereocenters. The Kier molecular flexibility index (Phi) is 4.86. The summed E-state index contributed by atoms with van der Waals surface area (Å²) < 4.78 is -0.293. The van der Waals surface area contributed by atoms with Crippen LogP contribution in [-0.2, 0) is 4.75 Å². The molecule has 0 nitrogen and oxygen atoms in total. The highest BCUT2D eigenvalue weighted by Gasteiger charge is 2.25. The molecule has 0 aromatic heterocycles. The summed E-state index contributed by atoms with van der Waals surface area (Å²) in [7, 11) is 0. The predicted octanol–water partition coefficient (Wildman–Crippen LogP) is 5.75. The molecule has 3 aromatic carbocycles. The second-order valence-corrected chi connectivity index (χ2v) is 6.92. The van der Waals surface area contributed by atoms with Crippen LogP contribution in [0, 0.1) is 11.8 Å². The molecule has 0 saturated carbocycles. The summed E-state index contributed by atoms with van der Waals surface area (Å²) in [5.41, 5.74) is 2.26. The van der Waals surface area contributed by atoms with Gasteiger partial charge in [0.1, 0.15) is 4.75 Å². The first kappa shape index (κ1) is 15.5. The molecule has 0 fully saturated rings. The predicted molar refractivity (Wildman–Crippen MR) is 99.4 cm³/mol. The Morgan fingerprint density at radius 1 is 0.696 bits per heavy atom. The Morgan fingerprint density at radius 3 is 1.83 bits per heavy atom. The first-order valence-corrected chi connectivity index (χ1v) is 8.46. The third-order valence-electron chi connectivity index (χ3n) is 3.61. The fraction of sp³-hybridized carbons (Fsp3) is 0.0909. The molecule has 0 saturated heterocycles. The van der Waals surface area contributed by atoms with Gasteiger partial charge in [-0.25, -0.2) is 0 Å². The summed E-state index contributed by atoms with van der Waals surface area (Å²) in [4.78, 5) is 1.22. The summed E-state index contributed by atoms with van der Waals surface area (Å²) in [5, 5.41) is 0. The largest absolute Gasteiger partial charge is 0.104 e. The molecule has 0 bridgehead atoms. The van der Waals surface area contributed by atoms with Crippen molar-refractivity contribution in [1.82, 2.24) is 0 Å². The van der Waals surface area contributed by atoms with Crippen molar-refractivity contribution < 1.29 is 0 Å². The summed E-state index contributed by atoms with van der Waals surface area (Å²) in [6.45, 7) is 2.19. The average Bonchev–Trinajstić information content (AvgIpc) is 2.63. The SMILES string of the molecule is CC(C#Cc1ccccc1)(Sc1ccccc1)c1ccccc1. The first-order valence-electron chi connectivity index (χ1n) is 7.64. The standard InChI is InChI=1S/C22H18S/c1-22(20-13-7-3-8-14-20,23-21-15-9-4-10-16-21)18-17-19-11-5-2-6-12-19/h2-16H,1H3. The molecule has 0 aliphatic heterocycles. The van der Waals surface area contributed by atoms with Crippen LogP contribution in [0.2, 0.25) is 0 Å². The molecule has 3 aromatic rings. The highest BCUT2D eigenvalue weighted by Crippen LogP contribution is 2.40. The lowest BCUT2D eigenvalue weighted by Gasteiger charge is -2.23. The lowest BCUT2D eigenvalue weighted by atomic mass is 10.0.